The van der Waals surface area contributed by atoms with Crippen molar-refractivity contribution in [2.24, 2.45) is 0 Å². The number of hydrogen-bond acceptors (Lipinski definition) is 2. The number of hydrogen-bond donors (Lipinski definition) is 3. The van der Waals surface area contributed by atoms with Gasteiger partial charge in [-0.15, -0.1) is 0 Å². The molecule has 0 aromatic heterocycles. The third-order valence-corrected chi connectivity index (χ3v) is 5.38. The van der Waals surface area contributed by atoms with E-state index in [0.717, 1.165) is 11.1 Å². The molecule has 160 valence electrons. The molecule has 5 nitrogen and oxygen atoms in total. The highest BCUT2D eigenvalue weighted by Gasteiger charge is 2.21. The van der Waals surface area contributed by atoms with Crippen LogP contribution in [0.5, 0.6) is 0 Å². The van der Waals surface area contributed by atoms with Crippen molar-refractivity contribution in [3.8, 4) is 0 Å². The van der Waals surface area contributed by atoms with Crippen LogP contribution >= 0.6 is 23.2 Å². The maximum atomic E-state index is 12.8. The van der Waals surface area contributed by atoms with Gasteiger partial charge in [0.15, 0.2) is 0 Å². The van der Waals surface area contributed by atoms with Gasteiger partial charge in [-0.1, -0.05) is 83.9 Å². The SMILES string of the molecule is O=C(Nc1ccc(Cl)c(Cl)c1)NC(Cc1ccccc1)C(=O)NCCc1ccccc1. The van der Waals surface area contributed by atoms with Crippen LogP contribution in [-0.4, -0.2) is 24.5 Å². The van der Waals surface area contributed by atoms with Gasteiger partial charge in [-0.3, -0.25) is 4.79 Å². The number of benzene rings is 3. The van der Waals surface area contributed by atoms with Crippen LogP contribution in [0.15, 0.2) is 78.9 Å². The molecule has 0 bridgehead atoms. The summed E-state index contributed by atoms with van der Waals surface area (Å²) < 4.78 is 0. The molecule has 0 saturated heterocycles. The fourth-order valence-corrected chi connectivity index (χ4v) is 3.35. The zero-order chi connectivity index (χ0) is 22.1. The predicted molar refractivity (Wildman–Crippen MR) is 126 cm³/mol. The molecule has 0 aliphatic rings. The minimum atomic E-state index is -0.735. The van der Waals surface area contributed by atoms with E-state index in [-0.39, 0.29) is 5.91 Å². The van der Waals surface area contributed by atoms with E-state index in [1.165, 1.54) is 0 Å². The summed E-state index contributed by atoms with van der Waals surface area (Å²) in [7, 11) is 0. The Kier molecular flexibility index (Phi) is 8.33. The van der Waals surface area contributed by atoms with Gasteiger partial charge in [0, 0.05) is 18.7 Å². The molecule has 3 N–H and O–H groups in total. The van der Waals surface area contributed by atoms with Crippen molar-refractivity contribution in [3.05, 3.63) is 100 Å². The Hall–Kier alpha value is -3.02. The fraction of sp³-hybridized carbons (Fsp3) is 0.167. The second-order valence-electron chi connectivity index (χ2n) is 7.00. The second kappa shape index (κ2) is 11.4. The van der Waals surface area contributed by atoms with E-state index in [1.54, 1.807) is 18.2 Å². The predicted octanol–water partition coefficient (Wildman–Crippen LogP) is 5.09. The molecule has 3 amide bonds. The molecular weight excluding hydrogens is 433 g/mol. The third kappa shape index (κ3) is 7.31. The number of amides is 3. The Morgan fingerprint density at radius 3 is 2.10 bits per heavy atom. The summed E-state index contributed by atoms with van der Waals surface area (Å²) in [5.74, 6) is -0.246. The summed E-state index contributed by atoms with van der Waals surface area (Å²) in [5, 5.41) is 9.09. The molecule has 0 radical (unpaired) electrons. The molecule has 3 rings (SSSR count). The van der Waals surface area contributed by atoms with E-state index in [1.807, 2.05) is 60.7 Å². The highest BCUT2D eigenvalue weighted by molar-refractivity contribution is 6.42. The first-order valence-electron chi connectivity index (χ1n) is 9.89. The van der Waals surface area contributed by atoms with E-state index < -0.39 is 12.1 Å². The Morgan fingerprint density at radius 2 is 1.45 bits per heavy atom. The van der Waals surface area contributed by atoms with Gasteiger partial charge in [-0.2, -0.15) is 0 Å². The Bertz CT molecular complexity index is 1010. The smallest absolute Gasteiger partial charge is 0.319 e. The van der Waals surface area contributed by atoms with Crippen LogP contribution in [0.4, 0.5) is 10.5 Å². The van der Waals surface area contributed by atoms with Gasteiger partial charge in [-0.25, -0.2) is 4.79 Å². The Morgan fingerprint density at radius 1 is 0.806 bits per heavy atom. The molecule has 0 saturated carbocycles. The summed E-state index contributed by atoms with van der Waals surface area (Å²) in [6, 6.07) is 23.0. The molecule has 1 unspecified atom stereocenters. The molecule has 0 fully saturated rings. The lowest BCUT2D eigenvalue weighted by molar-refractivity contribution is -0.122. The maximum Gasteiger partial charge on any atom is 0.319 e. The first kappa shape index (κ1) is 22.7. The van der Waals surface area contributed by atoms with Crippen molar-refractivity contribution in [1.82, 2.24) is 10.6 Å². The number of rotatable bonds is 8. The minimum absolute atomic E-state index is 0.246. The second-order valence-corrected chi connectivity index (χ2v) is 7.81. The highest BCUT2D eigenvalue weighted by Crippen LogP contribution is 2.24. The molecule has 0 aliphatic carbocycles. The molecule has 3 aromatic carbocycles. The van der Waals surface area contributed by atoms with Crippen molar-refractivity contribution in [2.45, 2.75) is 18.9 Å². The summed E-state index contributed by atoms with van der Waals surface area (Å²) in [6.45, 7) is 0.476. The number of anilines is 1. The quantitative estimate of drug-likeness (QED) is 0.442. The number of nitrogens with one attached hydrogen (secondary N) is 3. The maximum absolute atomic E-state index is 12.8. The third-order valence-electron chi connectivity index (χ3n) is 4.64. The normalized spacial score (nSPS) is 11.4. The van der Waals surface area contributed by atoms with Crippen molar-refractivity contribution in [2.75, 3.05) is 11.9 Å². The topological polar surface area (TPSA) is 70.2 Å². The molecule has 0 heterocycles. The largest absolute Gasteiger partial charge is 0.354 e. The van der Waals surface area contributed by atoms with Gasteiger partial charge in [-0.05, 0) is 35.7 Å². The highest BCUT2D eigenvalue weighted by atomic mass is 35.5. The van der Waals surface area contributed by atoms with Crippen LogP contribution in [-0.2, 0) is 17.6 Å². The summed E-state index contributed by atoms with van der Waals surface area (Å²) in [4.78, 5) is 25.4. The zero-order valence-corrected chi connectivity index (χ0v) is 18.3. The van der Waals surface area contributed by atoms with Crippen molar-refractivity contribution in [3.63, 3.8) is 0 Å². The Balaban J connectivity index is 1.62. The standard InChI is InChI=1S/C24H23Cl2N3O2/c25-20-12-11-19(16-21(20)26)28-24(31)29-22(15-18-9-5-2-6-10-18)23(30)27-14-13-17-7-3-1-4-8-17/h1-12,16,22H,13-15H2,(H,27,30)(H2,28,29,31). The average Bonchev–Trinajstić information content (AvgIpc) is 2.77. The number of carbonyl (C=O) groups is 2. The molecule has 3 aromatic rings. The average molecular weight is 456 g/mol. The van der Waals surface area contributed by atoms with Crippen molar-refractivity contribution in [1.29, 1.82) is 0 Å². The lowest BCUT2D eigenvalue weighted by Gasteiger charge is -2.19. The Labute approximate surface area is 191 Å². The van der Waals surface area contributed by atoms with Crippen LogP contribution in [0.3, 0.4) is 0 Å². The molecule has 7 heteroatoms. The van der Waals surface area contributed by atoms with Crippen molar-refractivity contribution < 1.29 is 9.59 Å². The summed E-state index contributed by atoms with van der Waals surface area (Å²) in [5.41, 5.74) is 2.56. The van der Waals surface area contributed by atoms with Gasteiger partial charge in [0.25, 0.3) is 0 Å². The lowest BCUT2D eigenvalue weighted by atomic mass is 10.1. The first-order valence-corrected chi connectivity index (χ1v) is 10.6. The van der Waals surface area contributed by atoms with E-state index in [9.17, 15) is 9.59 Å². The van der Waals surface area contributed by atoms with E-state index in [0.29, 0.717) is 35.1 Å². The fourth-order valence-electron chi connectivity index (χ4n) is 3.06. The molecular formula is C24H23Cl2N3O2. The summed E-state index contributed by atoms with van der Waals surface area (Å²) in [6.07, 6.45) is 1.08. The summed E-state index contributed by atoms with van der Waals surface area (Å²) >= 11 is 11.9. The first-order chi connectivity index (χ1) is 15.0. The number of urea groups is 1. The van der Waals surface area contributed by atoms with Crippen LogP contribution in [0.1, 0.15) is 11.1 Å². The van der Waals surface area contributed by atoms with E-state index in [2.05, 4.69) is 16.0 Å². The molecule has 1 atom stereocenters. The van der Waals surface area contributed by atoms with Crippen LogP contribution in [0.2, 0.25) is 10.0 Å². The van der Waals surface area contributed by atoms with Crippen molar-refractivity contribution >= 4 is 40.8 Å². The molecule has 31 heavy (non-hydrogen) atoms. The van der Waals surface area contributed by atoms with Crippen LogP contribution in [0, 0.1) is 0 Å². The van der Waals surface area contributed by atoms with Gasteiger partial charge < -0.3 is 16.0 Å². The molecule has 0 spiro atoms. The van der Waals surface area contributed by atoms with Gasteiger partial charge >= 0.3 is 6.03 Å². The molecule has 0 aliphatic heterocycles. The van der Waals surface area contributed by atoms with E-state index >= 15 is 0 Å². The van der Waals surface area contributed by atoms with E-state index in [4.69, 9.17) is 23.2 Å². The van der Waals surface area contributed by atoms with Gasteiger partial charge in [0.1, 0.15) is 6.04 Å². The van der Waals surface area contributed by atoms with Crippen LogP contribution in [0.25, 0.3) is 0 Å². The minimum Gasteiger partial charge on any atom is -0.354 e. The number of carbonyl (C=O) groups excluding carboxylic acids is 2. The monoisotopic (exact) mass is 455 g/mol. The van der Waals surface area contributed by atoms with Gasteiger partial charge in [0.05, 0.1) is 10.0 Å². The van der Waals surface area contributed by atoms with Gasteiger partial charge in [0.2, 0.25) is 5.91 Å². The lowest BCUT2D eigenvalue weighted by Crippen LogP contribution is -2.49. The number of halogens is 2. The zero-order valence-electron chi connectivity index (χ0n) is 16.8. The van der Waals surface area contributed by atoms with Crippen LogP contribution < -0.4 is 16.0 Å².